The summed E-state index contributed by atoms with van der Waals surface area (Å²) in [5, 5.41) is 14.3. The first-order chi connectivity index (χ1) is 8.58. The van der Waals surface area contributed by atoms with Gasteiger partial charge in [-0.25, -0.2) is 0 Å². The molecule has 0 aliphatic carbocycles. The van der Waals surface area contributed by atoms with Crippen LogP contribution >= 0.6 is 11.6 Å². The summed E-state index contributed by atoms with van der Waals surface area (Å²) in [5.41, 5.74) is 1.64. The maximum absolute atomic E-state index is 10.8. The van der Waals surface area contributed by atoms with Gasteiger partial charge < -0.3 is 10.1 Å². The quantitative estimate of drug-likeness (QED) is 0.677. The average molecular weight is 271 g/mol. The topological polar surface area (TPSA) is 64.4 Å². The van der Waals surface area contributed by atoms with E-state index in [0.717, 1.165) is 37.3 Å². The Hall–Kier alpha value is -1.33. The number of hydrogen-bond donors (Lipinski definition) is 1. The second-order valence-electron chi connectivity index (χ2n) is 4.41. The van der Waals surface area contributed by atoms with Crippen LogP contribution in [0.25, 0.3) is 0 Å². The fraction of sp³-hybridized carbons (Fsp3) is 0.500. The van der Waals surface area contributed by atoms with Crippen LogP contribution in [0.5, 0.6) is 0 Å². The Balaban J connectivity index is 2.18. The molecule has 1 fully saturated rings. The molecule has 0 unspecified atom stereocenters. The number of nitro benzene ring substituents is 1. The highest BCUT2D eigenvalue weighted by Gasteiger charge is 2.18. The van der Waals surface area contributed by atoms with Gasteiger partial charge in [-0.3, -0.25) is 10.1 Å². The zero-order chi connectivity index (χ0) is 13.1. The third kappa shape index (κ3) is 2.91. The highest BCUT2D eigenvalue weighted by atomic mass is 35.5. The van der Waals surface area contributed by atoms with Crippen molar-refractivity contribution >= 4 is 23.0 Å². The number of nitrogens with one attached hydrogen (secondary N) is 1. The molecule has 1 aliphatic rings. The van der Waals surface area contributed by atoms with Gasteiger partial charge in [0, 0.05) is 31.0 Å². The third-order valence-electron chi connectivity index (χ3n) is 3.07. The Morgan fingerprint density at radius 2 is 2.11 bits per heavy atom. The zero-order valence-electron chi connectivity index (χ0n) is 10.1. The number of aryl methyl sites for hydroxylation is 1. The van der Waals surface area contributed by atoms with Crippen LogP contribution in [0.1, 0.15) is 18.4 Å². The van der Waals surface area contributed by atoms with Crippen LogP contribution in [0.3, 0.4) is 0 Å². The summed E-state index contributed by atoms with van der Waals surface area (Å²) in [4.78, 5) is 10.3. The molecule has 1 aromatic carbocycles. The Kier molecular flexibility index (Phi) is 4.04. The molecule has 5 nitrogen and oxygen atoms in total. The van der Waals surface area contributed by atoms with Gasteiger partial charge in [0.1, 0.15) is 5.02 Å². The van der Waals surface area contributed by atoms with Gasteiger partial charge >= 0.3 is 0 Å². The van der Waals surface area contributed by atoms with Crippen molar-refractivity contribution in [2.45, 2.75) is 25.8 Å². The van der Waals surface area contributed by atoms with Crippen LogP contribution in [-0.2, 0) is 4.74 Å². The minimum absolute atomic E-state index is 0.0494. The van der Waals surface area contributed by atoms with E-state index in [9.17, 15) is 10.1 Å². The van der Waals surface area contributed by atoms with Crippen LogP contribution in [0, 0.1) is 17.0 Å². The van der Waals surface area contributed by atoms with E-state index >= 15 is 0 Å². The Bertz CT molecular complexity index is 459. The summed E-state index contributed by atoms with van der Waals surface area (Å²) < 4.78 is 5.29. The number of halogens is 1. The van der Waals surface area contributed by atoms with Crippen LogP contribution in [-0.4, -0.2) is 24.2 Å². The molecule has 1 saturated heterocycles. The van der Waals surface area contributed by atoms with E-state index in [4.69, 9.17) is 16.3 Å². The molecule has 0 bridgehead atoms. The predicted octanol–water partition coefficient (Wildman–Crippen LogP) is 3.15. The van der Waals surface area contributed by atoms with Crippen molar-refractivity contribution < 1.29 is 9.66 Å². The zero-order valence-corrected chi connectivity index (χ0v) is 10.9. The fourth-order valence-corrected chi connectivity index (χ4v) is 2.26. The first-order valence-electron chi connectivity index (χ1n) is 5.86. The van der Waals surface area contributed by atoms with E-state index in [1.54, 1.807) is 6.07 Å². The van der Waals surface area contributed by atoms with Crippen molar-refractivity contribution in [3.8, 4) is 0 Å². The van der Waals surface area contributed by atoms with Crippen molar-refractivity contribution in [2.75, 3.05) is 18.5 Å². The monoisotopic (exact) mass is 270 g/mol. The Labute approximate surface area is 110 Å². The minimum Gasteiger partial charge on any atom is -0.382 e. The molecule has 0 amide bonds. The number of rotatable bonds is 3. The Morgan fingerprint density at radius 3 is 2.72 bits per heavy atom. The molecule has 98 valence electrons. The molecule has 0 atom stereocenters. The Morgan fingerprint density at radius 1 is 1.44 bits per heavy atom. The average Bonchev–Trinajstić information content (AvgIpc) is 2.34. The SMILES string of the molecule is Cc1cc([N+](=O)[O-])c(Cl)cc1NC1CCOCC1. The number of ether oxygens (including phenoxy) is 1. The molecule has 18 heavy (non-hydrogen) atoms. The van der Waals surface area contributed by atoms with E-state index < -0.39 is 4.92 Å². The molecule has 0 saturated carbocycles. The molecule has 2 rings (SSSR count). The highest BCUT2D eigenvalue weighted by Crippen LogP contribution is 2.31. The van der Waals surface area contributed by atoms with Crippen molar-refractivity contribution in [1.29, 1.82) is 0 Å². The van der Waals surface area contributed by atoms with Gasteiger partial charge in [0.05, 0.1) is 4.92 Å². The van der Waals surface area contributed by atoms with Crippen molar-refractivity contribution in [3.63, 3.8) is 0 Å². The van der Waals surface area contributed by atoms with Crippen molar-refractivity contribution in [2.24, 2.45) is 0 Å². The molecule has 1 aromatic rings. The summed E-state index contributed by atoms with van der Waals surface area (Å²) in [6.07, 6.45) is 1.88. The maximum Gasteiger partial charge on any atom is 0.288 e. The van der Waals surface area contributed by atoms with Gasteiger partial charge in [-0.15, -0.1) is 0 Å². The lowest BCUT2D eigenvalue weighted by Gasteiger charge is -2.25. The second kappa shape index (κ2) is 5.54. The lowest BCUT2D eigenvalue weighted by molar-refractivity contribution is -0.384. The van der Waals surface area contributed by atoms with E-state index in [0.29, 0.717) is 6.04 Å². The number of nitro groups is 1. The summed E-state index contributed by atoms with van der Waals surface area (Å²) >= 11 is 5.91. The number of hydrogen-bond acceptors (Lipinski definition) is 4. The largest absolute Gasteiger partial charge is 0.382 e. The summed E-state index contributed by atoms with van der Waals surface area (Å²) in [6, 6.07) is 3.48. The van der Waals surface area contributed by atoms with Gasteiger partial charge in [-0.1, -0.05) is 11.6 Å². The van der Waals surface area contributed by atoms with Crippen molar-refractivity contribution in [3.05, 3.63) is 32.8 Å². The van der Waals surface area contributed by atoms with E-state index in [-0.39, 0.29) is 10.7 Å². The molecule has 6 heteroatoms. The minimum atomic E-state index is -0.465. The van der Waals surface area contributed by atoms with Gasteiger partial charge in [-0.2, -0.15) is 0 Å². The van der Waals surface area contributed by atoms with E-state index in [1.807, 2.05) is 6.92 Å². The molecule has 1 heterocycles. The molecular formula is C12H15ClN2O3. The number of anilines is 1. The van der Waals surface area contributed by atoms with Crippen LogP contribution < -0.4 is 5.32 Å². The summed E-state index contributed by atoms with van der Waals surface area (Å²) in [5.74, 6) is 0. The highest BCUT2D eigenvalue weighted by molar-refractivity contribution is 6.33. The van der Waals surface area contributed by atoms with Gasteiger partial charge in [0.15, 0.2) is 0 Å². The molecule has 1 aliphatic heterocycles. The van der Waals surface area contributed by atoms with E-state index in [2.05, 4.69) is 5.32 Å². The lowest BCUT2D eigenvalue weighted by Crippen LogP contribution is -2.28. The standard InChI is InChI=1S/C12H15ClN2O3/c1-8-6-12(15(16)17)10(13)7-11(8)14-9-2-4-18-5-3-9/h6-7,9,14H,2-5H2,1H3. The normalized spacial score (nSPS) is 16.6. The molecule has 0 radical (unpaired) electrons. The number of nitrogens with zero attached hydrogens (tertiary/aromatic N) is 1. The van der Waals surface area contributed by atoms with Gasteiger partial charge in [0.2, 0.25) is 0 Å². The molecule has 0 spiro atoms. The van der Waals surface area contributed by atoms with E-state index in [1.165, 1.54) is 6.07 Å². The van der Waals surface area contributed by atoms with Gasteiger partial charge in [0.25, 0.3) is 5.69 Å². The molecule has 1 N–H and O–H groups in total. The smallest absolute Gasteiger partial charge is 0.288 e. The van der Waals surface area contributed by atoms with Crippen LogP contribution in [0.4, 0.5) is 11.4 Å². The maximum atomic E-state index is 10.8. The fourth-order valence-electron chi connectivity index (χ4n) is 2.02. The first kappa shape index (κ1) is 13.1. The van der Waals surface area contributed by atoms with Gasteiger partial charge in [-0.05, 0) is 31.4 Å². The predicted molar refractivity (Wildman–Crippen MR) is 70.3 cm³/mol. The summed E-state index contributed by atoms with van der Waals surface area (Å²) in [7, 11) is 0. The van der Waals surface area contributed by atoms with Crippen LogP contribution in [0.2, 0.25) is 5.02 Å². The second-order valence-corrected chi connectivity index (χ2v) is 4.81. The molecule has 0 aromatic heterocycles. The lowest BCUT2D eigenvalue weighted by atomic mass is 10.1. The first-order valence-corrected chi connectivity index (χ1v) is 6.24. The number of benzene rings is 1. The molecular weight excluding hydrogens is 256 g/mol. The van der Waals surface area contributed by atoms with Crippen molar-refractivity contribution in [1.82, 2.24) is 0 Å². The summed E-state index contributed by atoms with van der Waals surface area (Å²) in [6.45, 7) is 3.33. The third-order valence-corrected chi connectivity index (χ3v) is 3.37. The van der Waals surface area contributed by atoms with Crippen LogP contribution in [0.15, 0.2) is 12.1 Å².